The van der Waals surface area contributed by atoms with Gasteiger partial charge >= 0.3 is 12.1 Å². The second-order valence-corrected chi connectivity index (χ2v) is 3.91. The van der Waals surface area contributed by atoms with Gasteiger partial charge < -0.3 is 14.4 Å². The molecule has 1 fully saturated rings. The lowest BCUT2D eigenvalue weighted by Crippen LogP contribution is -2.38. The van der Waals surface area contributed by atoms with Gasteiger partial charge in [-0.2, -0.15) is 0 Å². The number of nitrogens with zero attached hydrogens (tertiary/aromatic N) is 1. The van der Waals surface area contributed by atoms with Gasteiger partial charge in [0.15, 0.2) is 0 Å². The van der Waals surface area contributed by atoms with Crippen LogP contribution in [0.5, 0.6) is 0 Å². The van der Waals surface area contributed by atoms with Gasteiger partial charge in [0.2, 0.25) is 0 Å². The quantitative estimate of drug-likeness (QED) is 0.730. The topological polar surface area (TPSA) is 55.8 Å². The summed E-state index contributed by atoms with van der Waals surface area (Å²) in [5, 5.41) is 0. The van der Waals surface area contributed by atoms with Crippen LogP contribution in [0.4, 0.5) is 4.79 Å². The van der Waals surface area contributed by atoms with E-state index >= 15 is 0 Å². The number of carbonyl (C=O) groups is 2. The summed E-state index contributed by atoms with van der Waals surface area (Å²) >= 11 is 0. The number of piperidine rings is 1. The van der Waals surface area contributed by atoms with Crippen molar-refractivity contribution in [1.29, 1.82) is 0 Å². The van der Waals surface area contributed by atoms with Crippen LogP contribution in [-0.2, 0) is 14.3 Å². The molecule has 1 saturated heterocycles. The number of hydrogen-bond acceptors (Lipinski definition) is 4. The molecule has 106 valence electrons. The second kappa shape index (κ2) is 9.74. The molecule has 1 amide bonds. The van der Waals surface area contributed by atoms with Crippen molar-refractivity contribution in [2.45, 2.75) is 40.0 Å². The van der Waals surface area contributed by atoms with Crippen molar-refractivity contribution in [3.05, 3.63) is 0 Å². The third kappa shape index (κ3) is 5.89. The van der Waals surface area contributed by atoms with Gasteiger partial charge in [-0.1, -0.05) is 13.8 Å². The first-order valence-corrected chi connectivity index (χ1v) is 6.65. The lowest BCUT2D eigenvalue weighted by Gasteiger charge is -2.30. The van der Waals surface area contributed by atoms with Gasteiger partial charge in [0.25, 0.3) is 0 Å². The number of carbonyl (C=O) groups excluding carboxylic acids is 2. The SMILES string of the molecule is CC.CCOC(=O)CC1CCN(C(=O)OC)CC1. The Hall–Kier alpha value is -1.26. The van der Waals surface area contributed by atoms with Gasteiger partial charge in [-0.15, -0.1) is 0 Å². The van der Waals surface area contributed by atoms with Crippen LogP contribution in [0.25, 0.3) is 0 Å². The van der Waals surface area contributed by atoms with Crippen LogP contribution in [0.15, 0.2) is 0 Å². The number of esters is 1. The van der Waals surface area contributed by atoms with Crippen molar-refractivity contribution < 1.29 is 19.1 Å². The van der Waals surface area contributed by atoms with Crippen molar-refractivity contribution in [2.24, 2.45) is 5.92 Å². The summed E-state index contributed by atoms with van der Waals surface area (Å²) in [5.41, 5.74) is 0. The summed E-state index contributed by atoms with van der Waals surface area (Å²) in [6.45, 7) is 7.56. The van der Waals surface area contributed by atoms with E-state index in [9.17, 15) is 9.59 Å². The lowest BCUT2D eigenvalue weighted by atomic mass is 9.94. The van der Waals surface area contributed by atoms with Gasteiger partial charge in [-0.3, -0.25) is 4.79 Å². The molecule has 0 atom stereocenters. The van der Waals surface area contributed by atoms with Crippen LogP contribution in [0.3, 0.4) is 0 Å². The Kier molecular flexibility index (Phi) is 9.06. The van der Waals surface area contributed by atoms with E-state index in [1.54, 1.807) is 11.8 Å². The molecule has 0 aromatic rings. The summed E-state index contributed by atoms with van der Waals surface area (Å²) in [7, 11) is 1.38. The molecule has 0 aromatic carbocycles. The van der Waals surface area contributed by atoms with Crippen molar-refractivity contribution in [1.82, 2.24) is 4.90 Å². The highest BCUT2D eigenvalue weighted by Gasteiger charge is 2.24. The predicted molar refractivity (Wildman–Crippen MR) is 69.3 cm³/mol. The molecule has 1 heterocycles. The Morgan fingerprint density at radius 2 is 1.78 bits per heavy atom. The predicted octanol–water partition coefficient (Wildman–Crippen LogP) is 2.44. The van der Waals surface area contributed by atoms with Gasteiger partial charge in [0, 0.05) is 19.5 Å². The fourth-order valence-electron chi connectivity index (χ4n) is 1.90. The molecule has 0 bridgehead atoms. The number of methoxy groups -OCH3 is 1. The smallest absolute Gasteiger partial charge is 0.409 e. The van der Waals surface area contributed by atoms with E-state index in [1.807, 2.05) is 13.8 Å². The zero-order chi connectivity index (χ0) is 14.0. The second-order valence-electron chi connectivity index (χ2n) is 3.91. The standard InChI is InChI=1S/C11H19NO4.C2H6/c1-3-16-10(13)8-9-4-6-12(7-5-9)11(14)15-2;1-2/h9H,3-8H2,1-2H3;1-2H3. The molecule has 1 aliphatic rings. The molecule has 18 heavy (non-hydrogen) atoms. The highest BCUT2D eigenvalue weighted by Crippen LogP contribution is 2.21. The van der Waals surface area contributed by atoms with Crippen LogP contribution >= 0.6 is 0 Å². The van der Waals surface area contributed by atoms with Crippen LogP contribution in [-0.4, -0.2) is 43.8 Å². The Morgan fingerprint density at radius 1 is 1.22 bits per heavy atom. The van der Waals surface area contributed by atoms with E-state index in [4.69, 9.17) is 4.74 Å². The zero-order valence-corrected chi connectivity index (χ0v) is 11.9. The van der Waals surface area contributed by atoms with Gasteiger partial charge in [-0.05, 0) is 25.7 Å². The molecule has 1 rings (SSSR count). The molecule has 5 nitrogen and oxygen atoms in total. The average Bonchev–Trinajstić information content (AvgIpc) is 2.41. The number of ether oxygens (including phenoxy) is 2. The Labute approximate surface area is 109 Å². The summed E-state index contributed by atoms with van der Waals surface area (Å²) in [6.07, 6.45) is 1.86. The summed E-state index contributed by atoms with van der Waals surface area (Å²) in [6, 6.07) is 0. The maximum absolute atomic E-state index is 11.3. The van der Waals surface area contributed by atoms with Crippen LogP contribution in [0, 0.1) is 5.92 Å². The maximum atomic E-state index is 11.3. The van der Waals surface area contributed by atoms with Crippen molar-refractivity contribution in [2.75, 3.05) is 26.8 Å². The van der Waals surface area contributed by atoms with Crippen LogP contribution in [0.2, 0.25) is 0 Å². The van der Waals surface area contributed by atoms with E-state index in [2.05, 4.69) is 4.74 Å². The molecule has 0 aromatic heterocycles. The van der Waals surface area contributed by atoms with Crippen LogP contribution in [0.1, 0.15) is 40.0 Å². The van der Waals surface area contributed by atoms with Crippen LogP contribution < -0.4 is 0 Å². The van der Waals surface area contributed by atoms with Gasteiger partial charge in [0.05, 0.1) is 13.7 Å². The van der Waals surface area contributed by atoms with Crippen molar-refractivity contribution in [3.63, 3.8) is 0 Å². The Morgan fingerprint density at radius 3 is 2.22 bits per heavy atom. The van der Waals surface area contributed by atoms with Crippen molar-refractivity contribution in [3.8, 4) is 0 Å². The Bertz CT molecular complexity index is 247. The number of likely N-dealkylation sites (tertiary alicyclic amines) is 1. The minimum absolute atomic E-state index is 0.140. The Balaban J connectivity index is 0.00000137. The van der Waals surface area contributed by atoms with Gasteiger partial charge in [0.1, 0.15) is 0 Å². The third-order valence-corrected chi connectivity index (χ3v) is 2.81. The normalized spacial score (nSPS) is 15.4. The first kappa shape index (κ1) is 16.7. The molecule has 0 radical (unpaired) electrons. The summed E-state index contributed by atoms with van der Waals surface area (Å²) < 4.78 is 9.54. The summed E-state index contributed by atoms with van der Waals surface area (Å²) in [5.74, 6) is 0.193. The maximum Gasteiger partial charge on any atom is 0.409 e. The fourth-order valence-corrected chi connectivity index (χ4v) is 1.90. The number of hydrogen-bond donors (Lipinski definition) is 0. The largest absolute Gasteiger partial charge is 0.466 e. The van der Waals surface area contributed by atoms with Gasteiger partial charge in [-0.25, -0.2) is 4.79 Å². The third-order valence-electron chi connectivity index (χ3n) is 2.81. The molecule has 0 N–H and O–H groups in total. The minimum Gasteiger partial charge on any atom is -0.466 e. The molecule has 0 spiro atoms. The molecular formula is C13H25NO4. The van der Waals surface area contributed by atoms with Crippen molar-refractivity contribution >= 4 is 12.1 Å². The molecule has 0 saturated carbocycles. The minimum atomic E-state index is -0.283. The summed E-state index contributed by atoms with van der Waals surface area (Å²) in [4.78, 5) is 24.1. The lowest BCUT2D eigenvalue weighted by molar-refractivity contribution is -0.144. The molecule has 0 unspecified atom stereocenters. The number of rotatable bonds is 3. The molecular weight excluding hydrogens is 234 g/mol. The molecule has 0 aliphatic carbocycles. The monoisotopic (exact) mass is 259 g/mol. The average molecular weight is 259 g/mol. The number of amides is 1. The fraction of sp³-hybridized carbons (Fsp3) is 0.846. The zero-order valence-electron chi connectivity index (χ0n) is 11.9. The first-order valence-electron chi connectivity index (χ1n) is 6.65. The van der Waals surface area contributed by atoms with E-state index in [-0.39, 0.29) is 12.1 Å². The molecule has 5 heteroatoms. The highest BCUT2D eigenvalue weighted by atomic mass is 16.5. The van der Waals surface area contributed by atoms with E-state index in [0.29, 0.717) is 32.0 Å². The van der Waals surface area contributed by atoms with E-state index < -0.39 is 0 Å². The van der Waals surface area contributed by atoms with E-state index in [0.717, 1.165) is 12.8 Å². The molecule has 1 aliphatic heterocycles. The first-order chi connectivity index (χ1) is 8.67. The van der Waals surface area contributed by atoms with E-state index in [1.165, 1.54) is 7.11 Å². The highest BCUT2D eigenvalue weighted by molar-refractivity contribution is 5.70.